The van der Waals surface area contributed by atoms with Crippen LogP contribution in [-0.2, 0) is 10.3 Å². The van der Waals surface area contributed by atoms with Gasteiger partial charge in [-0.15, -0.1) is 0 Å². The quantitative estimate of drug-likeness (QED) is 0.808. The van der Waals surface area contributed by atoms with Gasteiger partial charge in [0, 0.05) is 18.9 Å². The first-order chi connectivity index (χ1) is 7.59. The van der Waals surface area contributed by atoms with Crippen molar-refractivity contribution in [3.63, 3.8) is 0 Å². The van der Waals surface area contributed by atoms with Gasteiger partial charge in [0.15, 0.2) is 5.58 Å². The van der Waals surface area contributed by atoms with Crippen molar-refractivity contribution in [2.24, 2.45) is 0 Å². The number of methoxy groups -OCH3 is 1. The maximum atomic E-state index is 5.69. The van der Waals surface area contributed by atoms with E-state index in [-0.39, 0.29) is 0 Å². The highest BCUT2D eigenvalue weighted by Crippen LogP contribution is 2.30. The van der Waals surface area contributed by atoms with E-state index < -0.39 is 5.60 Å². The molecule has 1 aromatic carbocycles. The minimum Gasteiger partial charge on any atom is -0.437 e. The summed E-state index contributed by atoms with van der Waals surface area (Å²) in [5.74, 6) is 0.595. The third kappa shape index (κ3) is 1.65. The molecule has 0 fully saturated rings. The lowest BCUT2D eigenvalue weighted by atomic mass is 10.0. The Morgan fingerprint density at radius 2 is 2.25 bits per heavy atom. The van der Waals surface area contributed by atoms with Crippen LogP contribution in [0, 0.1) is 0 Å². The Balaban J connectivity index is 2.54. The van der Waals surface area contributed by atoms with Crippen molar-refractivity contribution < 1.29 is 9.15 Å². The Hall–Kier alpha value is -1.55. The third-order valence-electron chi connectivity index (χ3n) is 2.99. The molecular weight excluding hydrogens is 204 g/mol. The predicted octanol–water partition coefficient (Wildman–Crippen LogP) is 2.68. The SMILES string of the molecule is CCC(C)(OC)c1nc2ccc(N)cc2o1. The van der Waals surface area contributed by atoms with Crippen molar-refractivity contribution in [1.82, 2.24) is 4.98 Å². The van der Waals surface area contributed by atoms with Crippen molar-refractivity contribution in [1.29, 1.82) is 0 Å². The van der Waals surface area contributed by atoms with Crippen LogP contribution in [0.1, 0.15) is 26.2 Å². The van der Waals surface area contributed by atoms with Gasteiger partial charge in [0.2, 0.25) is 5.89 Å². The maximum Gasteiger partial charge on any atom is 0.227 e. The topological polar surface area (TPSA) is 61.3 Å². The van der Waals surface area contributed by atoms with Gasteiger partial charge in [-0.3, -0.25) is 0 Å². The molecule has 0 bridgehead atoms. The van der Waals surface area contributed by atoms with Crippen molar-refractivity contribution in [3.8, 4) is 0 Å². The van der Waals surface area contributed by atoms with Gasteiger partial charge in [-0.25, -0.2) is 4.98 Å². The van der Waals surface area contributed by atoms with Gasteiger partial charge in [-0.1, -0.05) is 6.92 Å². The molecule has 2 rings (SSSR count). The van der Waals surface area contributed by atoms with Gasteiger partial charge in [-0.05, 0) is 25.5 Å². The zero-order chi connectivity index (χ0) is 11.8. The van der Waals surface area contributed by atoms with Crippen molar-refractivity contribution >= 4 is 16.8 Å². The zero-order valence-electron chi connectivity index (χ0n) is 9.78. The monoisotopic (exact) mass is 220 g/mol. The summed E-state index contributed by atoms with van der Waals surface area (Å²) in [5.41, 5.74) is 7.39. The highest BCUT2D eigenvalue weighted by Gasteiger charge is 2.30. The molecule has 2 N–H and O–H groups in total. The number of aromatic nitrogens is 1. The number of nitrogens with two attached hydrogens (primary N) is 1. The smallest absolute Gasteiger partial charge is 0.227 e. The molecular formula is C12H16N2O2. The standard InChI is InChI=1S/C12H16N2O2/c1-4-12(2,15-3)11-14-9-6-5-8(13)7-10(9)16-11/h5-7H,4,13H2,1-3H3. The third-order valence-corrected chi connectivity index (χ3v) is 2.99. The molecule has 86 valence electrons. The van der Waals surface area contributed by atoms with Crippen LogP contribution in [0.2, 0.25) is 0 Å². The summed E-state index contributed by atoms with van der Waals surface area (Å²) in [5, 5.41) is 0. The molecule has 0 aliphatic heterocycles. The van der Waals surface area contributed by atoms with Crippen LogP contribution in [0.15, 0.2) is 22.6 Å². The molecule has 0 radical (unpaired) electrons. The molecule has 1 unspecified atom stereocenters. The van der Waals surface area contributed by atoms with Crippen molar-refractivity contribution in [2.75, 3.05) is 12.8 Å². The number of rotatable bonds is 3. The lowest BCUT2D eigenvalue weighted by Crippen LogP contribution is -2.23. The van der Waals surface area contributed by atoms with Gasteiger partial charge in [-0.2, -0.15) is 0 Å². The first kappa shape index (κ1) is 11.0. The highest BCUT2D eigenvalue weighted by atomic mass is 16.5. The molecule has 4 heteroatoms. The fourth-order valence-electron chi connectivity index (χ4n) is 1.55. The van der Waals surface area contributed by atoms with E-state index in [0.717, 1.165) is 11.9 Å². The van der Waals surface area contributed by atoms with Crippen LogP contribution in [-0.4, -0.2) is 12.1 Å². The second-order valence-corrected chi connectivity index (χ2v) is 4.03. The number of anilines is 1. The van der Waals surface area contributed by atoms with Gasteiger partial charge in [0.1, 0.15) is 11.1 Å². The van der Waals surface area contributed by atoms with Crippen LogP contribution in [0.3, 0.4) is 0 Å². The summed E-state index contributed by atoms with van der Waals surface area (Å²) in [6, 6.07) is 5.44. The number of ether oxygens (including phenoxy) is 1. The first-order valence-corrected chi connectivity index (χ1v) is 5.31. The van der Waals surface area contributed by atoms with Crippen molar-refractivity contribution in [2.45, 2.75) is 25.9 Å². The molecule has 4 nitrogen and oxygen atoms in total. The Kier molecular flexibility index (Phi) is 2.59. The van der Waals surface area contributed by atoms with Crippen LogP contribution in [0.4, 0.5) is 5.69 Å². The van der Waals surface area contributed by atoms with E-state index in [1.807, 2.05) is 26.0 Å². The van der Waals surface area contributed by atoms with Gasteiger partial charge >= 0.3 is 0 Å². The van der Waals surface area contributed by atoms with Crippen LogP contribution in [0.25, 0.3) is 11.1 Å². The molecule has 1 atom stereocenters. The Labute approximate surface area is 94.4 Å². The van der Waals surface area contributed by atoms with E-state index in [1.54, 1.807) is 13.2 Å². The minimum atomic E-state index is -0.478. The number of hydrogen-bond donors (Lipinski definition) is 1. The van der Waals surface area contributed by atoms with E-state index in [9.17, 15) is 0 Å². The molecule has 0 aliphatic rings. The number of fused-ring (bicyclic) bond motifs is 1. The Morgan fingerprint density at radius 3 is 2.88 bits per heavy atom. The molecule has 0 saturated carbocycles. The van der Waals surface area contributed by atoms with Crippen LogP contribution < -0.4 is 5.73 Å². The summed E-state index contributed by atoms with van der Waals surface area (Å²) in [4.78, 5) is 4.42. The first-order valence-electron chi connectivity index (χ1n) is 5.31. The normalized spacial score (nSPS) is 15.2. The van der Waals surface area contributed by atoms with Gasteiger partial charge in [0.05, 0.1) is 0 Å². The molecule has 0 saturated heterocycles. The van der Waals surface area contributed by atoms with Gasteiger partial charge < -0.3 is 14.9 Å². The molecule has 1 heterocycles. The molecule has 0 spiro atoms. The average molecular weight is 220 g/mol. The van der Waals surface area contributed by atoms with E-state index in [4.69, 9.17) is 14.9 Å². The highest BCUT2D eigenvalue weighted by molar-refractivity contribution is 5.76. The second-order valence-electron chi connectivity index (χ2n) is 4.03. The number of nitrogens with zero attached hydrogens (tertiary/aromatic N) is 1. The van der Waals surface area contributed by atoms with E-state index in [0.29, 0.717) is 17.2 Å². The molecule has 2 aromatic rings. The molecule has 0 amide bonds. The summed E-state index contributed by atoms with van der Waals surface area (Å²) >= 11 is 0. The number of hydrogen-bond acceptors (Lipinski definition) is 4. The van der Waals surface area contributed by atoms with E-state index >= 15 is 0 Å². The zero-order valence-corrected chi connectivity index (χ0v) is 9.78. The summed E-state index contributed by atoms with van der Waals surface area (Å²) in [7, 11) is 1.66. The van der Waals surface area contributed by atoms with E-state index in [1.165, 1.54) is 0 Å². The predicted molar refractivity (Wildman–Crippen MR) is 63.1 cm³/mol. The van der Waals surface area contributed by atoms with Crippen molar-refractivity contribution in [3.05, 3.63) is 24.1 Å². The fourth-order valence-corrected chi connectivity index (χ4v) is 1.55. The Bertz CT molecular complexity index is 501. The summed E-state index contributed by atoms with van der Waals surface area (Å²) in [6.45, 7) is 3.99. The van der Waals surface area contributed by atoms with Crippen LogP contribution in [0.5, 0.6) is 0 Å². The Morgan fingerprint density at radius 1 is 1.50 bits per heavy atom. The number of nitrogen functional groups attached to an aromatic ring is 1. The summed E-state index contributed by atoms with van der Waals surface area (Å²) < 4.78 is 11.1. The lowest BCUT2D eigenvalue weighted by molar-refractivity contribution is -0.0222. The second kappa shape index (κ2) is 3.79. The largest absolute Gasteiger partial charge is 0.437 e. The number of benzene rings is 1. The maximum absolute atomic E-state index is 5.69. The molecule has 1 aromatic heterocycles. The van der Waals surface area contributed by atoms with E-state index in [2.05, 4.69) is 4.98 Å². The summed E-state index contributed by atoms with van der Waals surface area (Å²) in [6.07, 6.45) is 0.797. The number of oxazole rings is 1. The average Bonchev–Trinajstić information content (AvgIpc) is 2.71. The minimum absolute atomic E-state index is 0.478. The molecule has 0 aliphatic carbocycles. The lowest BCUT2D eigenvalue weighted by Gasteiger charge is -2.22. The van der Waals surface area contributed by atoms with Gasteiger partial charge in [0.25, 0.3) is 0 Å². The molecule has 16 heavy (non-hydrogen) atoms. The van der Waals surface area contributed by atoms with Crippen LogP contribution >= 0.6 is 0 Å². The fraction of sp³-hybridized carbons (Fsp3) is 0.417.